The Kier molecular flexibility index (Phi) is 6.77. The fraction of sp³-hybridized carbons (Fsp3) is 0.286. The number of anilines is 2. The van der Waals surface area contributed by atoms with Gasteiger partial charge in [-0.3, -0.25) is 0 Å². The SMILES string of the molecule is Cc1cc(Nc2ncnc3cccc(OC4CCN(C)CC4)c23)ccc1OCc1cccc(F)c1. The molecule has 0 saturated carbocycles. The van der Waals surface area contributed by atoms with Crippen molar-refractivity contribution in [2.75, 3.05) is 25.5 Å². The number of likely N-dealkylation sites (tertiary alicyclic amines) is 1. The average molecular weight is 473 g/mol. The third kappa shape index (κ3) is 5.52. The van der Waals surface area contributed by atoms with Gasteiger partial charge >= 0.3 is 0 Å². The fourth-order valence-electron chi connectivity index (χ4n) is 4.37. The molecule has 1 aliphatic heterocycles. The van der Waals surface area contributed by atoms with Crippen molar-refractivity contribution in [3.63, 3.8) is 0 Å². The zero-order valence-electron chi connectivity index (χ0n) is 20.0. The van der Waals surface area contributed by atoms with Crippen LogP contribution in [0.1, 0.15) is 24.0 Å². The normalized spacial score (nSPS) is 14.7. The lowest BCUT2D eigenvalue weighted by Gasteiger charge is -2.29. The molecule has 1 N–H and O–H groups in total. The second-order valence-corrected chi connectivity index (χ2v) is 9.02. The predicted octanol–water partition coefficient (Wildman–Crippen LogP) is 5.87. The van der Waals surface area contributed by atoms with E-state index >= 15 is 0 Å². The Morgan fingerprint density at radius 2 is 1.83 bits per heavy atom. The Hall–Kier alpha value is -3.71. The van der Waals surface area contributed by atoms with Gasteiger partial charge in [0.15, 0.2) is 0 Å². The molecule has 0 atom stereocenters. The molecule has 1 aromatic heterocycles. The number of ether oxygens (including phenoxy) is 2. The summed E-state index contributed by atoms with van der Waals surface area (Å²) in [7, 11) is 2.14. The van der Waals surface area contributed by atoms with E-state index in [2.05, 4.69) is 27.2 Å². The number of nitrogens with zero attached hydrogens (tertiary/aromatic N) is 3. The van der Waals surface area contributed by atoms with E-state index in [0.29, 0.717) is 12.4 Å². The highest BCUT2D eigenvalue weighted by molar-refractivity contribution is 5.95. The first kappa shape index (κ1) is 23.1. The fourth-order valence-corrected chi connectivity index (χ4v) is 4.37. The van der Waals surface area contributed by atoms with Crippen LogP contribution in [0.5, 0.6) is 11.5 Å². The second-order valence-electron chi connectivity index (χ2n) is 9.02. The van der Waals surface area contributed by atoms with Crippen molar-refractivity contribution in [2.45, 2.75) is 32.5 Å². The van der Waals surface area contributed by atoms with Crippen LogP contribution in [0.25, 0.3) is 10.9 Å². The van der Waals surface area contributed by atoms with Gasteiger partial charge < -0.3 is 19.7 Å². The van der Waals surface area contributed by atoms with Crippen LogP contribution in [0.4, 0.5) is 15.9 Å². The van der Waals surface area contributed by atoms with Crippen LogP contribution in [0.3, 0.4) is 0 Å². The van der Waals surface area contributed by atoms with Gasteiger partial charge in [-0.25, -0.2) is 14.4 Å². The van der Waals surface area contributed by atoms with Gasteiger partial charge in [-0.2, -0.15) is 0 Å². The molecule has 0 unspecified atom stereocenters. The van der Waals surface area contributed by atoms with Gasteiger partial charge in [0.2, 0.25) is 0 Å². The summed E-state index contributed by atoms with van der Waals surface area (Å²) in [4.78, 5) is 11.3. The number of benzene rings is 3. The van der Waals surface area contributed by atoms with Gasteiger partial charge in [-0.1, -0.05) is 18.2 Å². The average Bonchev–Trinajstić information content (AvgIpc) is 2.85. The van der Waals surface area contributed by atoms with Gasteiger partial charge in [0, 0.05) is 18.8 Å². The number of aryl methyl sites for hydroxylation is 1. The van der Waals surface area contributed by atoms with Crippen LogP contribution in [-0.4, -0.2) is 41.1 Å². The van der Waals surface area contributed by atoms with Crippen LogP contribution < -0.4 is 14.8 Å². The number of nitrogens with one attached hydrogen (secondary N) is 1. The number of aromatic nitrogens is 2. The zero-order valence-corrected chi connectivity index (χ0v) is 20.0. The third-order valence-electron chi connectivity index (χ3n) is 6.30. The summed E-state index contributed by atoms with van der Waals surface area (Å²) in [6, 6.07) is 18.2. The van der Waals surface area contributed by atoms with E-state index in [1.807, 2.05) is 49.4 Å². The second kappa shape index (κ2) is 10.3. The Balaban J connectivity index is 1.34. The van der Waals surface area contributed by atoms with Gasteiger partial charge in [-0.05, 0) is 80.4 Å². The molecular weight excluding hydrogens is 443 g/mol. The van der Waals surface area contributed by atoms with E-state index in [9.17, 15) is 4.39 Å². The molecule has 1 aliphatic rings. The molecule has 7 heteroatoms. The minimum absolute atomic E-state index is 0.182. The molecule has 0 bridgehead atoms. The highest BCUT2D eigenvalue weighted by atomic mass is 19.1. The molecule has 0 aliphatic carbocycles. The summed E-state index contributed by atoms with van der Waals surface area (Å²) in [5, 5.41) is 4.31. The van der Waals surface area contributed by atoms with Crippen molar-refractivity contribution in [3.05, 3.63) is 83.9 Å². The molecule has 5 rings (SSSR count). The van der Waals surface area contributed by atoms with Crippen LogP contribution in [0, 0.1) is 12.7 Å². The monoisotopic (exact) mass is 472 g/mol. The molecule has 0 amide bonds. The van der Waals surface area contributed by atoms with E-state index in [1.165, 1.54) is 12.1 Å². The van der Waals surface area contributed by atoms with Crippen molar-refractivity contribution >= 4 is 22.4 Å². The highest BCUT2D eigenvalue weighted by Crippen LogP contribution is 2.34. The molecule has 6 nitrogen and oxygen atoms in total. The Morgan fingerprint density at radius 1 is 1.00 bits per heavy atom. The topological polar surface area (TPSA) is 59.5 Å². The first-order valence-corrected chi connectivity index (χ1v) is 11.9. The quantitative estimate of drug-likeness (QED) is 0.363. The first-order valence-electron chi connectivity index (χ1n) is 11.9. The largest absolute Gasteiger partial charge is 0.489 e. The smallest absolute Gasteiger partial charge is 0.145 e. The van der Waals surface area contributed by atoms with Crippen molar-refractivity contribution in [1.82, 2.24) is 14.9 Å². The zero-order chi connectivity index (χ0) is 24.2. The molecule has 35 heavy (non-hydrogen) atoms. The summed E-state index contributed by atoms with van der Waals surface area (Å²) in [5.41, 5.74) is 3.47. The highest BCUT2D eigenvalue weighted by Gasteiger charge is 2.20. The Bertz CT molecular complexity index is 1320. The lowest BCUT2D eigenvalue weighted by molar-refractivity contribution is 0.116. The summed E-state index contributed by atoms with van der Waals surface area (Å²) >= 11 is 0. The number of rotatable bonds is 7. The van der Waals surface area contributed by atoms with Crippen LogP contribution in [0.2, 0.25) is 0 Å². The number of hydrogen-bond donors (Lipinski definition) is 1. The maximum Gasteiger partial charge on any atom is 0.145 e. The van der Waals surface area contributed by atoms with Crippen LogP contribution in [0.15, 0.2) is 67.0 Å². The van der Waals surface area contributed by atoms with E-state index in [4.69, 9.17) is 9.47 Å². The predicted molar refractivity (Wildman–Crippen MR) is 136 cm³/mol. The number of piperidine rings is 1. The summed E-state index contributed by atoms with van der Waals surface area (Å²) < 4.78 is 25.8. The number of halogens is 1. The van der Waals surface area contributed by atoms with Crippen molar-refractivity contribution < 1.29 is 13.9 Å². The van der Waals surface area contributed by atoms with Gasteiger partial charge in [0.05, 0.1) is 10.9 Å². The maximum absolute atomic E-state index is 13.4. The molecule has 1 fully saturated rings. The van der Waals surface area contributed by atoms with Gasteiger partial charge in [0.25, 0.3) is 0 Å². The van der Waals surface area contributed by atoms with Crippen LogP contribution in [-0.2, 0) is 6.61 Å². The van der Waals surface area contributed by atoms with E-state index in [-0.39, 0.29) is 11.9 Å². The van der Waals surface area contributed by atoms with Crippen molar-refractivity contribution in [3.8, 4) is 11.5 Å². The molecule has 2 heterocycles. The maximum atomic E-state index is 13.4. The standard InChI is InChI=1S/C28H29FN4O2/c1-19-15-22(9-10-25(19)34-17-20-5-3-6-21(29)16-20)32-28-27-24(30-18-31-28)7-4-8-26(27)35-23-11-13-33(2)14-12-23/h3-10,15-16,18,23H,11-14,17H2,1-2H3,(H,30,31,32). The van der Waals surface area contributed by atoms with Gasteiger partial charge in [0.1, 0.15) is 42.2 Å². The Labute approximate surface area is 204 Å². The minimum atomic E-state index is -0.265. The number of fused-ring (bicyclic) bond motifs is 1. The molecule has 4 aromatic rings. The first-order chi connectivity index (χ1) is 17.0. The minimum Gasteiger partial charge on any atom is -0.489 e. The van der Waals surface area contributed by atoms with E-state index < -0.39 is 0 Å². The Morgan fingerprint density at radius 3 is 2.63 bits per heavy atom. The summed E-state index contributed by atoms with van der Waals surface area (Å²) in [5.74, 6) is 1.98. The molecule has 0 spiro atoms. The third-order valence-corrected chi connectivity index (χ3v) is 6.30. The number of hydrogen-bond acceptors (Lipinski definition) is 6. The van der Waals surface area contributed by atoms with Crippen molar-refractivity contribution in [1.29, 1.82) is 0 Å². The van der Waals surface area contributed by atoms with Crippen molar-refractivity contribution in [2.24, 2.45) is 0 Å². The van der Waals surface area contributed by atoms with E-state index in [1.54, 1.807) is 12.4 Å². The molecule has 0 radical (unpaired) electrons. The lowest BCUT2D eigenvalue weighted by atomic mass is 10.1. The molecule has 3 aromatic carbocycles. The molecular formula is C28H29FN4O2. The summed E-state index contributed by atoms with van der Waals surface area (Å²) in [6.45, 7) is 4.35. The molecule has 180 valence electrons. The van der Waals surface area contributed by atoms with Crippen LogP contribution >= 0.6 is 0 Å². The summed E-state index contributed by atoms with van der Waals surface area (Å²) in [6.07, 6.45) is 3.74. The van der Waals surface area contributed by atoms with E-state index in [0.717, 1.165) is 65.1 Å². The van der Waals surface area contributed by atoms with Gasteiger partial charge in [-0.15, -0.1) is 0 Å². The molecule has 1 saturated heterocycles. The lowest BCUT2D eigenvalue weighted by Crippen LogP contribution is -2.35.